The van der Waals surface area contributed by atoms with Crippen LogP contribution in [0.25, 0.3) is 0 Å². The van der Waals surface area contributed by atoms with Gasteiger partial charge >= 0.3 is 6.18 Å². The number of hydrazine groups is 1. The topological polar surface area (TPSA) is 32.3 Å². The molecule has 1 amide bonds. The second-order valence-electron chi connectivity index (χ2n) is 6.88. The predicted octanol–water partition coefficient (Wildman–Crippen LogP) is 4.36. The molecule has 1 aliphatic heterocycles. The van der Waals surface area contributed by atoms with Gasteiger partial charge in [0.05, 0.1) is 5.41 Å². The first kappa shape index (κ1) is 19.1. The van der Waals surface area contributed by atoms with Gasteiger partial charge in [0.15, 0.2) is 0 Å². The molecule has 1 saturated heterocycles. The van der Waals surface area contributed by atoms with Gasteiger partial charge in [-0.3, -0.25) is 10.2 Å². The normalized spacial score (nSPS) is 19.3. The van der Waals surface area contributed by atoms with E-state index in [-0.39, 0.29) is 18.9 Å². The van der Waals surface area contributed by atoms with E-state index in [0.29, 0.717) is 24.3 Å². The molecule has 0 aliphatic carbocycles. The van der Waals surface area contributed by atoms with Crippen LogP contribution in [-0.2, 0) is 11.2 Å². The van der Waals surface area contributed by atoms with Crippen LogP contribution >= 0.6 is 11.6 Å². The van der Waals surface area contributed by atoms with E-state index in [0.717, 1.165) is 10.6 Å². The molecule has 1 aromatic rings. The van der Waals surface area contributed by atoms with Crippen molar-refractivity contribution in [2.24, 2.45) is 5.41 Å². The van der Waals surface area contributed by atoms with E-state index in [4.69, 9.17) is 11.6 Å². The molecule has 0 saturated carbocycles. The zero-order valence-electron chi connectivity index (χ0n) is 13.8. The molecule has 1 N–H and O–H groups in total. The first-order valence-electron chi connectivity index (χ1n) is 7.98. The largest absolute Gasteiger partial charge is 0.405 e. The maximum atomic E-state index is 13.3. The van der Waals surface area contributed by atoms with E-state index in [1.807, 2.05) is 12.1 Å². The van der Waals surface area contributed by atoms with Gasteiger partial charge in [-0.2, -0.15) is 13.2 Å². The van der Waals surface area contributed by atoms with Gasteiger partial charge in [0, 0.05) is 11.6 Å². The highest BCUT2D eigenvalue weighted by Crippen LogP contribution is 2.33. The van der Waals surface area contributed by atoms with Crippen LogP contribution in [0.5, 0.6) is 0 Å². The summed E-state index contributed by atoms with van der Waals surface area (Å²) in [7, 11) is 0. The Morgan fingerprint density at radius 3 is 2.38 bits per heavy atom. The fourth-order valence-electron chi connectivity index (χ4n) is 2.82. The third-order valence-electron chi connectivity index (χ3n) is 4.29. The third-order valence-corrected chi connectivity index (χ3v) is 4.54. The fraction of sp³-hybridized carbons (Fsp3) is 0.588. The van der Waals surface area contributed by atoms with E-state index >= 15 is 0 Å². The van der Waals surface area contributed by atoms with E-state index in [9.17, 15) is 18.0 Å². The van der Waals surface area contributed by atoms with Crippen LogP contribution in [0.4, 0.5) is 13.2 Å². The fourth-order valence-corrected chi connectivity index (χ4v) is 2.95. The number of hydrogen-bond donors (Lipinski definition) is 1. The molecule has 134 valence electrons. The molecular formula is C17H22ClF3N2O. The monoisotopic (exact) mass is 362 g/mol. The number of aryl methyl sites for hydroxylation is 1. The summed E-state index contributed by atoms with van der Waals surface area (Å²) in [6.45, 7) is 3.36. The van der Waals surface area contributed by atoms with Gasteiger partial charge in [-0.05, 0) is 50.8 Å². The Balaban J connectivity index is 1.88. The number of alkyl halides is 3. The molecule has 2 rings (SSSR count). The van der Waals surface area contributed by atoms with E-state index in [1.165, 1.54) is 0 Å². The second-order valence-corrected chi connectivity index (χ2v) is 7.32. The van der Waals surface area contributed by atoms with E-state index < -0.39 is 17.6 Å². The molecule has 0 radical (unpaired) electrons. The molecule has 1 fully saturated rings. The van der Waals surface area contributed by atoms with Crippen molar-refractivity contribution in [2.45, 2.75) is 51.7 Å². The molecule has 0 aromatic heterocycles. The van der Waals surface area contributed by atoms with Crippen molar-refractivity contribution in [1.29, 1.82) is 0 Å². The van der Waals surface area contributed by atoms with Crippen LogP contribution < -0.4 is 5.43 Å². The number of amides is 1. The number of carbonyl (C=O) groups is 1. The van der Waals surface area contributed by atoms with Gasteiger partial charge in [0.2, 0.25) is 5.91 Å². The lowest BCUT2D eigenvalue weighted by Crippen LogP contribution is -2.49. The molecule has 1 aromatic carbocycles. The zero-order chi connectivity index (χ0) is 18.0. The van der Waals surface area contributed by atoms with Crippen molar-refractivity contribution >= 4 is 17.5 Å². The Morgan fingerprint density at radius 1 is 1.25 bits per heavy atom. The summed E-state index contributed by atoms with van der Waals surface area (Å²) in [6, 6.07) is 5.67. The second kappa shape index (κ2) is 7.31. The minimum Gasteiger partial charge on any atom is -0.288 e. The van der Waals surface area contributed by atoms with Crippen LogP contribution in [0.3, 0.4) is 0 Å². The number of rotatable bonds is 6. The number of hydrogen-bond acceptors (Lipinski definition) is 2. The van der Waals surface area contributed by atoms with Crippen LogP contribution in [-0.4, -0.2) is 29.7 Å². The number of benzene rings is 1. The SMILES string of the molecule is CC1(C)CN([C@@H](CCCCc2ccc(Cl)cc2)C(F)(F)F)NC1=O. The van der Waals surface area contributed by atoms with Crippen molar-refractivity contribution in [1.82, 2.24) is 10.4 Å². The molecular weight excluding hydrogens is 341 g/mol. The highest BCUT2D eigenvalue weighted by atomic mass is 35.5. The number of nitrogens with zero attached hydrogens (tertiary/aromatic N) is 1. The maximum absolute atomic E-state index is 13.3. The van der Waals surface area contributed by atoms with Crippen molar-refractivity contribution in [2.75, 3.05) is 6.54 Å². The summed E-state index contributed by atoms with van der Waals surface area (Å²) in [5.74, 6) is -0.363. The Kier molecular flexibility index (Phi) is 5.81. The van der Waals surface area contributed by atoms with E-state index in [1.54, 1.807) is 26.0 Å². The Labute approximate surface area is 145 Å². The smallest absolute Gasteiger partial charge is 0.288 e. The van der Waals surface area contributed by atoms with Gasteiger partial charge in [-0.1, -0.05) is 30.2 Å². The third kappa shape index (κ3) is 4.86. The molecule has 1 atom stereocenters. The van der Waals surface area contributed by atoms with Gasteiger partial charge < -0.3 is 0 Å². The number of halogens is 4. The van der Waals surface area contributed by atoms with Gasteiger partial charge in [0.1, 0.15) is 6.04 Å². The predicted molar refractivity (Wildman–Crippen MR) is 87.5 cm³/mol. The molecule has 0 bridgehead atoms. The summed E-state index contributed by atoms with van der Waals surface area (Å²) in [5.41, 5.74) is 2.63. The Morgan fingerprint density at radius 2 is 1.88 bits per heavy atom. The lowest BCUT2D eigenvalue weighted by molar-refractivity contribution is -0.190. The van der Waals surface area contributed by atoms with Crippen molar-refractivity contribution in [3.8, 4) is 0 Å². The van der Waals surface area contributed by atoms with Crippen molar-refractivity contribution < 1.29 is 18.0 Å². The highest BCUT2D eigenvalue weighted by molar-refractivity contribution is 6.30. The minimum absolute atomic E-state index is 0.0343. The van der Waals surface area contributed by atoms with Crippen LogP contribution in [0.1, 0.15) is 38.7 Å². The lowest BCUT2D eigenvalue weighted by atomic mass is 9.94. The maximum Gasteiger partial charge on any atom is 0.405 e. The van der Waals surface area contributed by atoms with Crippen LogP contribution in [0.2, 0.25) is 5.02 Å². The number of nitrogens with one attached hydrogen (secondary N) is 1. The summed E-state index contributed by atoms with van der Waals surface area (Å²) >= 11 is 5.81. The van der Waals surface area contributed by atoms with Gasteiger partial charge in [-0.25, -0.2) is 5.01 Å². The molecule has 7 heteroatoms. The van der Waals surface area contributed by atoms with Crippen molar-refractivity contribution in [3.05, 3.63) is 34.9 Å². The summed E-state index contributed by atoms with van der Waals surface area (Å²) in [6.07, 6.45) is -2.61. The highest BCUT2D eigenvalue weighted by Gasteiger charge is 2.49. The minimum atomic E-state index is -4.37. The van der Waals surface area contributed by atoms with Crippen LogP contribution in [0.15, 0.2) is 24.3 Å². The Bertz CT molecular complexity index is 572. The quantitative estimate of drug-likeness (QED) is 0.763. The van der Waals surface area contributed by atoms with Gasteiger partial charge in [0.25, 0.3) is 0 Å². The zero-order valence-corrected chi connectivity index (χ0v) is 14.5. The average molecular weight is 363 g/mol. The summed E-state index contributed by atoms with van der Waals surface area (Å²) < 4.78 is 40.0. The molecule has 1 aliphatic rings. The van der Waals surface area contributed by atoms with Crippen molar-refractivity contribution in [3.63, 3.8) is 0 Å². The average Bonchev–Trinajstić information content (AvgIpc) is 2.72. The number of carbonyl (C=O) groups excluding carboxylic acids is 1. The molecule has 1 heterocycles. The lowest BCUT2D eigenvalue weighted by Gasteiger charge is -2.29. The van der Waals surface area contributed by atoms with Crippen LogP contribution in [0, 0.1) is 5.41 Å². The Hall–Kier alpha value is -1.27. The molecule has 0 spiro atoms. The van der Waals surface area contributed by atoms with Gasteiger partial charge in [-0.15, -0.1) is 0 Å². The standard InChI is InChI=1S/C17H22ClF3N2O/c1-16(2)11-23(22-15(16)24)14(17(19,20)21)6-4-3-5-12-7-9-13(18)10-8-12/h7-10,14H,3-6,11H2,1-2H3,(H,22,24)/t14-/m0/s1. The molecule has 24 heavy (non-hydrogen) atoms. The number of unbranched alkanes of at least 4 members (excludes halogenated alkanes) is 1. The molecule has 0 unspecified atom stereocenters. The van der Waals surface area contributed by atoms with E-state index in [2.05, 4.69) is 5.43 Å². The summed E-state index contributed by atoms with van der Waals surface area (Å²) in [4.78, 5) is 11.7. The summed E-state index contributed by atoms with van der Waals surface area (Å²) in [5, 5.41) is 1.69. The first-order valence-corrected chi connectivity index (χ1v) is 8.36. The first-order chi connectivity index (χ1) is 11.1. The molecule has 3 nitrogen and oxygen atoms in total.